The molecule has 0 radical (unpaired) electrons. The maximum absolute atomic E-state index is 12.2. The van der Waals surface area contributed by atoms with Gasteiger partial charge >= 0.3 is 0 Å². The molecule has 5 heteroatoms. The Kier molecular flexibility index (Phi) is 4.16. The van der Waals surface area contributed by atoms with Crippen molar-refractivity contribution in [3.8, 4) is 5.75 Å². The Balaban J connectivity index is 3.08. The van der Waals surface area contributed by atoms with Crippen LogP contribution < -0.4 is 0 Å². The molecule has 2 N–H and O–H groups in total. The van der Waals surface area contributed by atoms with Crippen LogP contribution in [0.1, 0.15) is 24.2 Å². The second-order valence-corrected chi connectivity index (χ2v) is 5.41. The lowest BCUT2D eigenvalue weighted by atomic mass is 10.0. The molecule has 1 aromatic rings. The molecule has 0 aliphatic heterocycles. The summed E-state index contributed by atoms with van der Waals surface area (Å²) in [6.45, 7) is 3.35. The number of carbonyl (C=O) groups excluding carboxylic acids is 1. The smallest absolute Gasteiger partial charge is 0.257 e. The average Bonchev–Trinajstić information content (AvgIpc) is 2.30. The van der Waals surface area contributed by atoms with Gasteiger partial charge in [0.05, 0.1) is 17.7 Å². The number of aliphatic hydroxyl groups excluding tert-OH is 1. The van der Waals surface area contributed by atoms with Gasteiger partial charge in [0.25, 0.3) is 5.91 Å². The molecule has 0 fully saturated rings. The Hall–Kier alpha value is -1.07. The monoisotopic (exact) mass is 301 g/mol. The molecule has 0 heterocycles. The summed E-state index contributed by atoms with van der Waals surface area (Å²) in [5.74, 6) is -0.401. The summed E-state index contributed by atoms with van der Waals surface area (Å²) in [5, 5.41) is 18.9. The summed E-state index contributed by atoms with van der Waals surface area (Å²) in [5.41, 5.74) is -0.463. The first-order valence-corrected chi connectivity index (χ1v) is 5.96. The van der Waals surface area contributed by atoms with Crippen LogP contribution in [-0.4, -0.2) is 40.2 Å². The molecule has 0 spiro atoms. The summed E-state index contributed by atoms with van der Waals surface area (Å²) in [6, 6.07) is 4.67. The van der Waals surface area contributed by atoms with E-state index in [0.29, 0.717) is 4.47 Å². The number of benzene rings is 1. The number of carbonyl (C=O) groups is 1. The van der Waals surface area contributed by atoms with Crippen LogP contribution in [0, 0.1) is 0 Å². The van der Waals surface area contributed by atoms with E-state index in [4.69, 9.17) is 0 Å². The minimum absolute atomic E-state index is 0.0706. The number of halogens is 1. The highest BCUT2D eigenvalue weighted by Gasteiger charge is 2.28. The van der Waals surface area contributed by atoms with Gasteiger partial charge in [-0.05, 0) is 32.0 Å². The summed E-state index contributed by atoms with van der Waals surface area (Å²) in [6.07, 6.45) is 0. The number of hydrogen-bond acceptors (Lipinski definition) is 3. The lowest BCUT2D eigenvalue weighted by Crippen LogP contribution is -2.47. The van der Waals surface area contributed by atoms with Crippen LogP contribution >= 0.6 is 15.9 Å². The molecule has 0 bridgehead atoms. The normalized spacial score (nSPS) is 11.4. The molecule has 0 unspecified atom stereocenters. The average molecular weight is 302 g/mol. The van der Waals surface area contributed by atoms with Gasteiger partial charge in [-0.15, -0.1) is 0 Å². The van der Waals surface area contributed by atoms with Gasteiger partial charge in [0.2, 0.25) is 0 Å². The van der Waals surface area contributed by atoms with Crippen molar-refractivity contribution in [3.63, 3.8) is 0 Å². The molecule has 0 saturated heterocycles. The van der Waals surface area contributed by atoms with Crippen LogP contribution in [0.2, 0.25) is 0 Å². The molecular weight excluding hydrogens is 286 g/mol. The first-order valence-electron chi connectivity index (χ1n) is 5.17. The predicted molar refractivity (Wildman–Crippen MR) is 69.1 cm³/mol. The molecule has 1 rings (SSSR count). The molecule has 17 heavy (non-hydrogen) atoms. The van der Waals surface area contributed by atoms with Crippen molar-refractivity contribution in [3.05, 3.63) is 28.2 Å². The standard InChI is InChI=1S/C12H16BrNO3/c1-12(2,7-15)14(3)11(17)9-6-8(13)4-5-10(9)16/h4-6,15-16H,7H2,1-3H3. The number of amides is 1. The van der Waals surface area contributed by atoms with Crippen LogP contribution in [0.5, 0.6) is 5.75 Å². The van der Waals surface area contributed by atoms with Crippen molar-refractivity contribution in [2.45, 2.75) is 19.4 Å². The topological polar surface area (TPSA) is 60.8 Å². The third-order valence-electron chi connectivity index (χ3n) is 2.79. The maximum atomic E-state index is 12.2. The fraction of sp³-hybridized carbons (Fsp3) is 0.417. The third kappa shape index (κ3) is 2.98. The highest BCUT2D eigenvalue weighted by molar-refractivity contribution is 9.10. The quantitative estimate of drug-likeness (QED) is 0.898. The van der Waals surface area contributed by atoms with Gasteiger partial charge in [-0.2, -0.15) is 0 Å². The van der Waals surface area contributed by atoms with Gasteiger partial charge in [-0.1, -0.05) is 15.9 Å². The van der Waals surface area contributed by atoms with Crippen LogP contribution in [0.4, 0.5) is 0 Å². The summed E-state index contributed by atoms with van der Waals surface area (Å²) in [4.78, 5) is 13.6. The van der Waals surface area contributed by atoms with Crippen molar-refractivity contribution >= 4 is 21.8 Å². The van der Waals surface area contributed by atoms with E-state index in [1.807, 2.05) is 0 Å². The zero-order valence-corrected chi connectivity index (χ0v) is 11.7. The number of hydrogen-bond donors (Lipinski definition) is 2. The van der Waals surface area contributed by atoms with Gasteiger partial charge in [-0.25, -0.2) is 0 Å². The molecule has 0 saturated carbocycles. The van der Waals surface area contributed by atoms with E-state index in [1.54, 1.807) is 33.0 Å². The van der Waals surface area contributed by atoms with E-state index in [0.717, 1.165) is 0 Å². The van der Waals surface area contributed by atoms with E-state index in [1.165, 1.54) is 11.0 Å². The van der Waals surface area contributed by atoms with E-state index >= 15 is 0 Å². The van der Waals surface area contributed by atoms with Gasteiger partial charge in [0.1, 0.15) is 5.75 Å². The van der Waals surface area contributed by atoms with E-state index in [2.05, 4.69) is 15.9 Å². The number of aromatic hydroxyl groups is 1. The Morgan fingerprint density at radius 3 is 2.59 bits per heavy atom. The highest BCUT2D eigenvalue weighted by atomic mass is 79.9. The molecule has 4 nitrogen and oxygen atoms in total. The van der Waals surface area contributed by atoms with Crippen molar-refractivity contribution in [1.82, 2.24) is 4.90 Å². The van der Waals surface area contributed by atoms with Crippen LogP contribution in [0.3, 0.4) is 0 Å². The molecule has 1 amide bonds. The van der Waals surface area contributed by atoms with Crippen molar-refractivity contribution in [1.29, 1.82) is 0 Å². The Labute approximate surface area is 109 Å². The van der Waals surface area contributed by atoms with Gasteiger partial charge in [-0.3, -0.25) is 4.79 Å². The van der Waals surface area contributed by atoms with Gasteiger partial charge in [0, 0.05) is 11.5 Å². The third-order valence-corrected chi connectivity index (χ3v) is 3.28. The highest BCUT2D eigenvalue weighted by Crippen LogP contribution is 2.25. The first kappa shape index (κ1) is 14.0. The Morgan fingerprint density at radius 2 is 2.06 bits per heavy atom. The molecule has 1 aromatic carbocycles. The minimum Gasteiger partial charge on any atom is -0.507 e. The number of phenols is 1. The maximum Gasteiger partial charge on any atom is 0.257 e. The SMILES string of the molecule is CN(C(=O)c1cc(Br)ccc1O)C(C)(C)CO. The first-order chi connectivity index (χ1) is 7.79. The molecule has 0 aliphatic rings. The zero-order chi connectivity index (χ0) is 13.2. The zero-order valence-electron chi connectivity index (χ0n) is 10.1. The van der Waals surface area contributed by atoms with E-state index < -0.39 is 5.54 Å². The molecule has 0 aliphatic carbocycles. The Morgan fingerprint density at radius 1 is 1.47 bits per heavy atom. The number of aliphatic hydroxyl groups is 1. The molecular formula is C12H16BrNO3. The van der Waals surface area contributed by atoms with E-state index in [9.17, 15) is 15.0 Å². The Bertz CT molecular complexity index is 432. The van der Waals surface area contributed by atoms with Crippen LogP contribution in [0.15, 0.2) is 22.7 Å². The second-order valence-electron chi connectivity index (χ2n) is 4.50. The fourth-order valence-electron chi connectivity index (χ4n) is 1.24. The summed E-state index contributed by atoms with van der Waals surface area (Å²) in [7, 11) is 1.60. The van der Waals surface area contributed by atoms with Gasteiger partial charge in [0.15, 0.2) is 0 Å². The van der Waals surface area contributed by atoms with Crippen LogP contribution in [-0.2, 0) is 0 Å². The minimum atomic E-state index is -0.675. The fourth-order valence-corrected chi connectivity index (χ4v) is 1.60. The van der Waals surface area contributed by atoms with Gasteiger partial charge < -0.3 is 15.1 Å². The predicted octanol–water partition coefficient (Wildman–Crippen LogP) is 2.00. The summed E-state index contributed by atoms with van der Waals surface area (Å²) < 4.78 is 0.717. The lowest BCUT2D eigenvalue weighted by molar-refractivity contribution is 0.0470. The van der Waals surface area contributed by atoms with Crippen molar-refractivity contribution < 1.29 is 15.0 Å². The number of nitrogens with zero attached hydrogens (tertiary/aromatic N) is 1. The number of rotatable bonds is 3. The number of phenolic OH excluding ortho intramolecular Hbond substituents is 1. The number of likely N-dealkylation sites (N-methyl/N-ethyl adjacent to an activating group) is 1. The molecule has 94 valence electrons. The van der Waals surface area contributed by atoms with Crippen LogP contribution in [0.25, 0.3) is 0 Å². The van der Waals surface area contributed by atoms with Crippen molar-refractivity contribution in [2.24, 2.45) is 0 Å². The van der Waals surface area contributed by atoms with Crippen molar-refractivity contribution in [2.75, 3.05) is 13.7 Å². The second kappa shape index (κ2) is 5.06. The molecule has 0 atom stereocenters. The lowest BCUT2D eigenvalue weighted by Gasteiger charge is -2.34. The molecule has 0 aromatic heterocycles. The van der Waals surface area contributed by atoms with E-state index in [-0.39, 0.29) is 23.8 Å². The summed E-state index contributed by atoms with van der Waals surface area (Å²) >= 11 is 3.25. The largest absolute Gasteiger partial charge is 0.507 e.